The van der Waals surface area contributed by atoms with Gasteiger partial charge in [-0.15, -0.1) is 0 Å². The number of hydrogen-bond acceptors (Lipinski definition) is 6. The number of nitrogens with zero attached hydrogens (tertiary/aromatic N) is 2. The summed E-state index contributed by atoms with van der Waals surface area (Å²) >= 11 is 0. The summed E-state index contributed by atoms with van der Waals surface area (Å²) in [4.78, 5) is 28.8. The zero-order valence-electron chi connectivity index (χ0n) is 8.08. The number of nitrogens with two attached hydrogens (primary N) is 1. The summed E-state index contributed by atoms with van der Waals surface area (Å²) < 4.78 is 0. The molecule has 0 aliphatic rings. The zero-order valence-corrected chi connectivity index (χ0v) is 8.08. The van der Waals surface area contributed by atoms with Crippen LogP contribution in [0.15, 0.2) is 23.4 Å². The highest BCUT2D eigenvalue weighted by Crippen LogP contribution is 2.01. The number of carbonyl (C=O) groups is 1. The van der Waals surface area contributed by atoms with E-state index in [1.54, 1.807) is 6.07 Å². The lowest BCUT2D eigenvalue weighted by molar-refractivity contribution is -0.142. The molecule has 0 saturated heterocycles. The number of aliphatic carboxylic acids is 1. The van der Waals surface area contributed by atoms with Crippen molar-refractivity contribution >= 4 is 23.8 Å². The van der Waals surface area contributed by atoms with Gasteiger partial charge in [0.15, 0.2) is 5.71 Å². The minimum Gasteiger partial charge on any atom is -0.479 e. The molecule has 0 aromatic carbocycles. The van der Waals surface area contributed by atoms with Crippen molar-refractivity contribution in [3.05, 3.63) is 23.9 Å². The van der Waals surface area contributed by atoms with Crippen molar-refractivity contribution in [3.63, 3.8) is 0 Å². The van der Waals surface area contributed by atoms with Crippen LogP contribution < -0.4 is 5.73 Å². The summed E-state index contributed by atoms with van der Waals surface area (Å²) in [6.07, 6.45) is 1.48. The molecule has 0 saturated carbocycles. The quantitative estimate of drug-likeness (QED) is 0.516. The minimum atomic E-state index is -1.20. The molecular formula is C9H8N3O4. The number of aromatic nitrogens is 1. The lowest BCUT2D eigenvalue weighted by Gasteiger charge is -1.99. The van der Waals surface area contributed by atoms with E-state index >= 15 is 0 Å². The number of pyridine rings is 1. The highest BCUT2D eigenvalue weighted by molar-refractivity contribution is 6.35. The Bertz CT molecular complexity index is 431. The smallest absolute Gasteiger partial charge is 0.344 e. The van der Waals surface area contributed by atoms with Crippen LogP contribution in [0.2, 0.25) is 0 Å². The number of oxime groups is 1. The Hall–Kier alpha value is -2.44. The van der Waals surface area contributed by atoms with Gasteiger partial charge in [0, 0.05) is 0 Å². The number of rotatable bonds is 5. The Morgan fingerprint density at radius 2 is 2.38 bits per heavy atom. The Morgan fingerprint density at radius 1 is 1.62 bits per heavy atom. The van der Waals surface area contributed by atoms with Crippen LogP contribution in [0.1, 0.15) is 5.69 Å². The zero-order chi connectivity index (χ0) is 12.0. The van der Waals surface area contributed by atoms with Crippen molar-refractivity contribution in [2.75, 3.05) is 12.3 Å². The predicted molar refractivity (Wildman–Crippen MR) is 54.5 cm³/mol. The maximum atomic E-state index is 10.5. The van der Waals surface area contributed by atoms with E-state index in [0.29, 0.717) is 0 Å². The molecule has 0 atom stereocenters. The first-order valence-corrected chi connectivity index (χ1v) is 4.16. The number of carboxylic acid groups (broad SMARTS) is 1. The first-order chi connectivity index (χ1) is 7.63. The molecule has 0 aliphatic heterocycles. The van der Waals surface area contributed by atoms with Gasteiger partial charge in [0.1, 0.15) is 5.82 Å². The minimum absolute atomic E-state index is 0.167. The van der Waals surface area contributed by atoms with E-state index in [0.717, 1.165) is 0 Å². The Morgan fingerprint density at radius 3 is 2.94 bits per heavy atom. The van der Waals surface area contributed by atoms with Gasteiger partial charge in [0.05, 0.1) is 5.69 Å². The van der Waals surface area contributed by atoms with Gasteiger partial charge in [0.25, 0.3) is 6.29 Å². The second-order valence-corrected chi connectivity index (χ2v) is 2.66. The van der Waals surface area contributed by atoms with E-state index in [-0.39, 0.29) is 17.2 Å². The molecule has 0 fully saturated rings. The summed E-state index contributed by atoms with van der Waals surface area (Å²) in [6.45, 7) is -0.645. The molecule has 16 heavy (non-hydrogen) atoms. The first kappa shape index (κ1) is 11.6. The second-order valence-electron chi connectivity index (χ2n) is 2.66. The Labute approximate surface area is 90.5 Å². The topological polar surface area (TPSA) is 115 Å². The van der Waals surface area contributed by atoms with Crippen molar-refractivity contribution in [2.24, 2.45) is 5.16 Å². The third kappa shape index (κ3) is 3.37. The maximum absolute atomic E-state index is 10.5. The normalized spacial score (nSPS) is 10.9. The molecule has 0 aliphatic carbocycles. The molecule has 83 valence electrons. The van der Waals surface area contributed by atoms with Gasteiger partial charge in [-0.25, -0.2) is 9.78 Å². The predicted octanol–water partition coefficient (Wildman–Crippen LogP) is -0.421. The van der Waals surface area contributed by atoms with Crippen LogP contribution in [0.3, 0.4) is 0 Å². The molecule has 3 N–H and O–H groups in total. The highest BCUT2D eigenvalue weighted by atomic mass is 16.6. The van der Waals surface area contributed by atoms with Crippen LogP contribution in [0.25, 0.3) is 0 Å². The molecule has 1 aromatic rings. The lowest BCUT2D eigenvalue weighted by Crippen LogP contribution is -2.10. The van der Waals surface area contributed by atoms with Gasteiger partial charge in [-0.3, -0.25) is 4.79 Å². The Balaban J connectivity index is 2.81. The maximum Gasteiger partial charge on any atom is 0.344 e. The third-order valence-electron chi connectivity index (χ3n) is 1.45. The van der Waals surface area contributed by atoms with Gasteiger partial charge in [-0.1, -0.05) is 11.2 Å². The largest absolute Gasteiger partial charge is 0.479 e. The molecule has 0 spiro atoms. The van der Waals surface area contributed by atoms with E-state index in [1.165, 1.54) is 18.4 Å². The molecule has 1 aromatic heterocycles. The summed E-state index contributed by atoms with van der Waals surface area (Å²) in [6, 6.07) is 4.58. The van der Waals surface area contributed by atoms with Crippen LogP contribution in [0.5, 0.6) is 0 Å². The van der Waals surface area contributed by atoms with E-state index in [9.17, 15) is 9.59 Å². The molecular weight excluding hydrogens is 214 g/mol. The van der Waals surface area contributed by atoms with Gasteiger partial charge in [-0.2, -0.15) is 0 Å². The second kappa shape index (κ2) is 5.44. The molecule has 1 heterocycles. The molecule has 7 heteroatoms. The van der Waals surface area contributed by atoms with Crippen LogP contribution in [-0.4, -0.2) is 34.7 Å². The van der Waals surface area contributed by atoms with Gasteiger partial charge in [-0.05, 0) is 12.1 Å². The third-order valence-corrected chi connectivity index (χ3v) is 1.45. The monoisotopic (exact) mass is 222 g/mol. The van der Waals surface area contributed by atoms with Crippen LogP contribution >= 0.6 is 0 Å². The number of hydrogen-bond donors (Lipinski definition) is 2. The fraction of sp³-hybridized carbons (Fsp3) is 0.111. The molecule has 7 nitrogen and oxygen atoms in total. The number of nitrogen functional groups attached to an aromatic ring is 1. The summed E-state index contributed by atoms with van der Waals surface area (Å²) in [5.41, 5.74) is 5.32. The number of anilines is 1. The van der Waals surface area contributed by atoms with E-state index in [4.69, 9.17) is 10.8 Å². The standard InChI is InChI=1S/C9H8N3O4/c10-8-3-1-2-6(11-8)7(4-13)12-16-5-9(14)15/h1-3H,5H2,(H2,10,11)(H,14,15). The average Bonchev–Trinajstić information content (AvgIpc) is 2.24. The van der Waals surface area contributed by atoms with E-state index in [2.05, 4.69) is 15.0 Å². The molecule has 0 unspecified atom stereocenters. The van der Waals surface area contributed by atoms with E-state index in [1.807, 2.05) is 0 Å². The van der Waals surface area contributed by atoms with Gasteiger partial charge >= 0.3 is 5.97 Å². The van der Waals surface area contributed by atoms with Crippen LogP contribution in [0, 0.1) is 0 Å². The summed E-state index contributed by atoms with van der Waals surface area (Å²) in [5, 5.41) is 11.6. The van der Waals surface area contributed by atoms with Gasteiger partial charge < -0.3 is 15.7 Å². The summed E-state index contributed by atoms with van der Waals surface area (Å²) in [7, 11) is 0. The van der Waals surface area contributed by atoms with Crippen LogP contribution in [0.4, 0.5) is 5.82 Å². The Kier molecular flexibility index (Phi) is 3.96. The average molecular weight is 222 g/mol. The van der Waals surface area contributed by atoms with Crippen LogP contribution in [-0.2, 0) is 14.4 Å². The van der Waals surface area contributed by atoms with E-state index < -0.39 is 12.6 Å². The molecule has 1 radical (unpaired) electrons. The fourth-order valence-electron chi connectivity index (χ4n) is 0.853. The van der Waals surface area contributed by atoms with Gasteiger partial charge in [0.2, 0.25) is 6.61 Å². The van der Waals surface area contributed by atoms with Crippen molar-refractivity contribution in [1.29, 1.82) is 0 Å². The fourth-order valence-corrected chi connectivity index (χ4v) is 0.853. The number of carbonyl (C=O) groups excluding carboxylic acids is 1. The molecule has 1 rings (SSSR count). The highest BCUT2D eigenvalue weighted by Gasteiger charge is 2.07. The van der Waals surface area contributed by atoms with Crippen molar-refractivity contribution < 1.29 is 19.5 Å². The van der Waals surface area contributed by atoms with Crippen molar-refractivity contribution in [1.82, 2.24) is 4.98 Å². The SMILES string of the molecule is Nc1cccc(C([C]=O)=NOCC(=O)O)n1. The first-order valence-electron chi connectivity index (χ1n) is 4.16. The number of carboxylic acids is 1. The van der Waals surface area contributed by atoms with Crippen molar-refractivity contribution in [3.8, 4) is 0 Å². The summed E-state index contributed by atoms with van der Waals surface area (Å²) in [5.74, 6) is -0.992. The lowest BCUT2D eigenvalue weighted by atomic mass is 10.2. The molecule has 0 amide bonds. The van der Waals surface area contributed by atoms with Crippen molar-refractivity contribution in [2.45, 2.75) is 0 Å². The molecule has 0 bridgehead atoms.